The lowest BCUT2D eigenvalue weighted by Crippen LogP contribution is -2.13. The number of carbonyl (C=O) groups is 1. The van der Waals surface area contributed by atoms with E-state index >= 15 is 0 Å². The molecule has 3 rings (SSSR count). The van der Waals surface area contributed by atoms with Crippen molar-refractivity contribution in [2.24, 2.45) is 0 Å². The van der Waals surface area contributed by atoms with Crippen LogP contribution in [0.5, 0.6) is 0 Å². The van der Waals surface area contributed by atoms with Gasteiger partial charge in [0.15, 0.2) is 0 Å². The predicted octanol–water partition coefficient (Wildman–Crippen LogP) is 3.72. The summed E-state index contributed by atoms with van der Waals surface area (Å²) in [5, 5.41) is 10.4. The molecule has 2 aromatic carbocycles. The van der Waals surface area contributed by atoms with Crippen LogP contribution in [0.3, 0.4) is 0 Å². The molecule has 2 N–H and O–H groups in total. The molecule has 6 heteroatoms. The summed E-state index contributed by atoms with van der Waals surface area (Å²) in [6.07, 6.45) is 1.67. The molecular formula is C14H9BrFN3O. The maximum atomic E-state index is 13.4. The van der Waals surface area contributed by atoms with Gasteiger partial charge in [-0.05, 0) is 34.1 Å². The lowest BCUT2D eigenvalue weighted by molar-refractivity contribution is 0.102. The van der Waals surface area contributed by atoms with Crippen LogP contribution in [0.25, 0.3) is 10.9 Å². The van der Waals surface area contributed by atoms with E-state index < -0.39 is 11.7 Å². The van der Waals surface area contributed by atoms with E-state index in [1.54, 1.807) is 18.3 Å². The van der Waals surface area contributed by atoms with Gasteiger partial charge in [-0.2, -0.15) is 5.10 Å². The van der Waals surface area contributed by atoms with Crippen LogP contribution in [-0.2, 0) is 0 Å². The third kappa shape index (κ3) is 2.18. The molecule has 0 aliphatic rings. The van der Waals surface area contributed by atoms with Crippen LogP contribution in [0, 0.1) is 5.82 Å². The second kappa shape index (κ2) is 5.05. The number of amides is 1. The molecule has 1 amide bonds. The molecule has 20 heavy (non-hydrogen) atoms. The van der Waals surface area contributed by atoms with Crippen molar-refractivity contribution in [1.29, 1.82) is 0 Å². The topological polar surface area (TPSA) is 57.8 Å². The highest BCUT2D eigenvalue weighted by molar-refractivity contribution is 9.10. The fourth-order valence-corrected chi connectivity index (χ4v) is 2.39. The van der Waals surface area contributed by atoms with Gasteiger partial charge in [0.1, 0.15) is 5.82 Å². The largest absolute Gasteiger partial charge is 0.320 e. The summed E-state index contributed by atoms with van der Waals surface area (Å²) in [5.74, 6) is -0.865. The molecular weight excluding hydrogens is 325 g/mol. The summed E-state index contributed by atoms with van der Waals surface area (Å²) in [6, 6.07) is 9.78. The van der Waals surface area contributed by atoms with E-state index in [0.717, 1.165) is 10.9 Å². The third-order valence-electron chi connectivity index (χ3n) is 2.92. The minimum absolute atomic E-state index is 0.147. The molecule has 0 bridgehead atoms. The zero-order chi connectivity index (χ0) is 14.1. The SMILES string of the molecule is O=C(Nc1cccc2cn[nH]c12)c1cccc(F)c1Br. The predicted molar refractivity (Wildman–Crippen MR) is 78.1 cm³/mol. The number of rotatable bonds is 2. The summed E-state index contributed by atoms with van der Waals surface area (Å²) in [5.41, 5.74) is 1.57. The number of halogens is 2. The normalized spacial score (nSPS) is 10.7. The molecule has 0 aliphatic carbocycles. The van der Waals surface area contributed by atoms with E-state index in [1.807, 2.05) is 12.1 Å². The first kappa shape index (κ1) is 12.8. The van der Waals surface area contributed by atoms with Crippen molar-refractivity contribution in [3.05, 3.63) is 58.4 Å². The van der Waals surface area contributed by atoms with E-state index in [1.165, 1.54) is 12.1 Å². The van der Waals surface area contributed by atoms with Gasteiger partial charge in [-0.25, -0.2) is 4.39 Å². The molecule has 0 spiro atoms. The maximum Gasteiger partial charge on any atom is 0.256 e. The summed E-state index contributed by atoms with van der Waals surface area (Å²) < 4.78 is 13.6. The maximum absolute atomic E-state index is 13.4. The molecule has 0 unspecified atom stereocenters. The van der Waals surface area contributed by atoms with E-state index in [4.69, 9.17) is 0 Å². The highest BCUT2D eigenvalue weighted by Gasteiger charge is 2.14. The van der Waals surface area contributed by atoms with Crippen LogP contribution in [0.15, 0.2) is 47.1 Å². The fraction of sp³-hybridized carbons (Fsp3) is 0. The summed E-state index contributed by atoms with van der Waals surface area (Å²) in [4.78, 5) is 12.2. The number of aromatic amines is 1. The van der Waals surface area contributed by atoms with Crippen molar-refractivity contribution in [1.82, 2.24) is 10.2 Å². The molecule has 0 fully saturated rings. The molecule has 0 aliphatic heterocycles. The Morgan fingerprint density at radius 1 is 1.25 bits per heavy atom. The van der Waals surface area contributed by atoms with Gasteiger partial charge >= 0.3 is 0 Å². The molecule has 0 atom stereocenters. The van der Waals surface area contributed by atoms with Crippen LogP contribution in [0.2, 0.25) is 0 Å². The van der Waals surface area contributed by atoms with E-state index in [-0.39, 0.29) is 10.0 Å². The number of nitrogens with one attached hydrogen (secondary N) is 2. The Labute approximate surface area is 122 Å². The fourth-order valence-electron chi connectivity index (χ4n) is 1.94. The van der Waals surface area contributed by atoms with Crippen molar-refractivity contribution in [3.8, 4) is 0 Å². The number of nitrogens with zero attached hydrogens (tertiary/aromatic N) is 1. The first-order valence-corrected chi connectivity index (χ1v) is 6.63. The number of benzene rings is 2. The van der Waals surface area contributed by atoms with Gasteiger partial charge < -0.3 is 5.32 Å². The van der Waals surface area contributed by atoms with Gasteiger partial charge in [0.2, 0.25) is 0 Å². The van der Waals surface area contributed by atoms with Crippen molar-refractivity contribution >= 4 is 38.4 Å². The standard InChI is InChI=1S/C14H9BrFN3O/c15-12-9(4-2-5-10(12)16)14(20)18-11-6-1-3-8-7-17-19-13(8)11/h1-7H,(H,17,19)(H,18,20). The van der Waals surface area contributed by atoms with Crippen LogP contribution >= 0.6 is 15.9 Å². The molecule has 0 saturated carbocycles. The number of H-pyrrole nitrogens is 1. The minimum atomic E-state index is -0.475. The van der Waals surface area contributed by atoms with Crippen LogP contribution in [0.1, 0.15) is 10.4 Å². The van der Waals surface area contributed by atoms with Gasteiger partial charge in [-0.15, -0.1) is 0 Å². The molecule has 1 heterocycles. The van der Waals surface area contributed by atoms with Crippen molar-refractivity contribution < 1.29 is 9.18 Å². The summed E-state index contributed by atoms with van der Waals surface area (Å²) in [6.45, 7) is 0. The highest BCUT2D eigenvalue weighted by Crippen LogP contribution is 2.24. The lowest BCUT2D eigenvalue weighted by Gasteiger charge is -2.08. The highest BCUT2D eigenvalue weighted by atomic mass is 79.9. The number of hydrogen-bond acceptors (Lipinski definition) is 2. The second-order valence-corrected chi connectivity index (χ2v) is 4.99. The van der Waals surface area contributed by atoms with Crippen molar-refractivity contribution in [2.45, 2.75) is 0 Å². The minimum Gasteiger partial charge on any atom is -0.320 e. The third-order valence-corrected chi connectivity index (χ3v) is 3.73. The average molecular weight is 334 g/mol. The number of fused-ring (bicyclic) bond motifs is 1. The molecule has 4 nitrogen and oxygen atoms in total. The Balaban J connectivity index is 1.97. The number of anilines is 1. The van der Waals surface area contributed by atoms with Gasteiger partial charge in [-0.1, -0.05) is 18.2 Å². The molecule has 1 aromatic heterocycles. The van der Waals surface area contributed by atoms with E-state index in [9.17, 15) is 9.18 Å². The van der Waals surface area contributed by atoms with Crippen LogP contribution < -0.4 is 5.32 Å². The molecule has 0 saturated heterocycles. The second-order valence-electron chi connectivity index (χ2n) is 4.20. The van der Waals surface area contributed by atoms with Crippen LogP contribution in [0.4, 0.5) is 10.1 Å². The number of hydrogen-bond donors (Lipinski definition) is 2. The Bertz CT molecular complexity index is 800. The smallest absolute Gasteiger partial charge is 0.256 e. The van der Waals surface area contributed by atoms with Crippen LogP contribution in [-0.4, -0.2) is 16.1 Å². The Morgan fingerprint density at radius 3 is 2.90 bits per heavy atom. The number of para-hydroxylation sites is 1. The van der Waals surface area contributed by atoms with E-state index in [0.29, 0.717) is 5.69 Å². The molecule has 100 valence electrons. The number of aromatic nitrogens is 2. The summed E-state index contributed by atoms with van der Waals surface area (Å²) in [7, 11) is 0. The average Bonchev–Trinajstić information content (AvgIpc) is 2.91. The molecule has 3 aromatic rings. The van der Waals surface area contributed by atoms with E-state index in [2.05, 4.69) is 31.4 Å². The summed E-state index contributed by atoms with van der Waals surface area (Å²) >= 11 is 3.08. The molecule has 0 radical (unpaired) electrons. The Kier molecular flexibility index (Phi) is 3.23. The zero-order valence-electron chi connectivity index (χ0n) is 10.2. The Morgan fingerprint density at radius 2 is 2.05 bits per heavy atom. The quantitative estimate of drug-likeness (QED) is 0.750. The first-order valence-electron chi connectivity index (χ1n) is 5.84. The lowest BCUT2D eigenvalue weighted by atomic mass is 10.2. The van der Waals surface area contributed by atoms with Gasteiger partial charge in [-0.3, -0.25) is 9.89 Å². The Hall–Kier alpha value is -2.21. The first-order chi connectivity index (χ1) is 9.66. The van der Waals surface area contributed by atoms with Crippen molar-refractivity contribution in [3.63, 3.8) is 0 Å². The van der Waals surface area contributed by atoms with Crippen molar-refractivity contribution in [2.75, 3.05) is 5.32 Å². The van der Waals surface area contributed by atoms with Gasteiger partial charge in [0.25, 0.3) is 5.91 Å². The van der Waals surface area contributed by atoms with Gasteiger partial charge in [0, 0.05) is 5.39 Å². The number of carbonyl (C=O) groups excluding carboxylic acids is 1. The zero-order valence-corrected chi connectivity index (χ0v) is 11.7. The van der Waals surface area contributed by atoms with Gasteiger partial charge in [0.05, 0.1) is 27.4 Å². The monoisotopic (exact) mass is 333 g/mol.